The second-order valence-electron chi connectivity index (χ2n) is 6.29. The highest BCUT2D eigenvalue weighted by atomic mass is 32.1. The van der Waals surface area contributed by atoms with Crippen molar-refractivity contribution in [3.05, 3.63) is 65.4 Å². The van der Waals surface area contributed by atoms with Crippen molar-refractivity contribution >= 4 is 33.4 Å². The molecule has 142 valence electrons. The van der Waals surface area contributed by atoms with Crippen LogP contribution in [-0.4, -0.2) is 30.4 Å². The number of thiophene rings is 1. The Morgan fingerprint density at radius 1 is 1.21 bits per heavy atom. The molecule has 0 aliphatic rings. The van der Waals surface area contributed by atoms with Crippen molar-refractivity contribution in [1.29, 1.82) is 0 Å². The van der Waals surface area contributed by atoms with E-state index in [0.717, 1.165) is 21.7 Å². The summed E-state index contributed by atoms with van der Waals surface area (Å²) in [4.78, 5) is 30.4. The molecule has 0 aliphatic heterocycles. The van der Waals surface area contributed by atoms with Crippen LogP contribution in [0.1, 0.15) is 35.0 Å². The smallest absolute Gasteiger partial charge is 0.271 e. The molecule has 4 rings (SSSR count). The van der Waals surface area contributed by atoms with Gasteiger partial charge in [-0.2, -0.15) is 0 Å². The van der Waals surface area contributed by atoms with Crippen LogP contribution >= 0.6 is 11.3 Å². The zero-order valence-electron chi connectivity index (χ0n) is 15.5. The second kappa shape index (κ2) is 7.73. The number of aromatic nitrogens is 5. The van der Waals surface area contributed by atoms with E-state index in [1.807, 2.05) is 54.4 Å². The first-order chi connectivity index (χ1) is 13.6. The molecule has 1 atom stereocenters. The summed E-state index contributed by atoms with van der Waals surface area (Å²) in [5, 5.41) is 8.03. The number of hydrogen-bond donors (Lipinski definition) is 2. The first kappa shape index (κ1) is 18.1. The molecule has 0 aromatic carbocycles. The van der Waals surface area contributed by atoms with Gasteiger partial charge in [0.2, 0.25) is 5.95 Å². The number of amides is 1. The molecule has 0 saturated carbocycles. The number of carbonyl (C=O) groups is 1. The lowest BCUT2D eigenvalue weighted by Crippen LogP contribution is -2.26. The molecule has 0 aliphatic carbocycles. The Kier molecular flexibility index (Phi) is 4.98. The third kappa shape index (κ3) is 3.70. The van der Waals surface area contributed by atoms with Crippen molar-refractivity contribution in [2.24, 2.45) is 7.05 Å². The first-order valence-corrected chi connectivity index (χ1v) is 9.67. The largest absolute Gasteiger partial charge is 0.346 e. The van der Waals surface area contributed by atoms with Crippen LogP contribution in [0, 0.1) is 0 Å². The third-order valence-electron chi connectivity index (χ3n) is 4.32. The summed E-state index contributed by atoms with van der Waals surface area (Å²) in [6.07, 6.45) is 5.28. The first-order valence-electron chi connectivity index (χ1n) is 8.79. The van der Waals surface area contributed by atoms with Gasteiger partial charge in [0, 0.05) is 25.6 Å². The van der Waals surface area contributed by atoms with Crippen molar-refractivity contribution in [3.63, 3.8) is 0 Å². The second-order valence-corrected chi connectivity index (χ2v) is 7.20. The minimum Gasteiger partial charge on any atom is -0.346 e. The zero-order chi connectivity index (χ0) is 19.5. The van der Waals surface area contributed by atoms with E-state index >= 15 is 0 Å². The number of nitrogens with zero attached hydrogens (tertiary/aromatic N) is 5. The summed E-state index contributed by atoms with van der Waals surface area (Å²) >= 11 is 1.45. The van der Waals surface area contributed by atoms with Gasteiger partial charge < -0.3 is 15.2 Å². The fourth-order valence-corrected chi connectivity index (χ4v) is 3.61. The average molecular weight is 393 g/mol. The predicted octanol–water partition coefficient (Wildman–Crippen LogP) is 2.92. The minimum atomic E-state index is -0.258. The van der Waals surface area contributed by atoms with Gasteiger partial charge >= 0.3 is 0 Å². The summed E-state index contributed by atoms with van der Waals surface area (Å²) in [5.41, 5.74) is 1.96. The quantitative estimate of drug-likeness (QED) is 0.523. The van der Waals surface area contributed by atoms with Gasteiger partial charge in [-0.3, -0.25) is 9.78 Å². The fraction of sp³-hybridized carbons (Fsp3) is 0.211. The number of rotatable bonds is 6. The lowest BCUT2D eigenvalue weighted by molar-refractivity contribution is 0.0946. The molecule has 0 spiro atoms. The number of aryl methyl sites for hydroxylation is 1. The third-order valence-corrected chi connectivity index (χ3v) is 5.23. The number of anilines is 1. The molecule has 0 radical (unpaired) electrons. The Bertz CT molecular complexity index is 1110. The molecule has 1 amide bonds. The number of nitrogens with one attached hydrogen (secondary N) is 2. The van der Waals surface area contributed by atoms with Gasteiger partial charge in [-0.05, 0) is 30.5 Å². The monoisotopic (exact) mass is 393 g/mol. The summed E-state index contributed by atoms with van der Waals surface area (Å²) in [6, 6.07) is 7.52. The van der Waals surface area contributed by atoms with Crippen LogP contribution in [0.5, 0.6) is 0 Å². The number of fused-ring (bicyclic) bond motifs is 1. The van der Waals surface area contributed by atoms with Crippen molar-refractivity contribution in [1.82, 2.24) is 29.8 Å². The van der Waals surface area contributed by atoms with E-state index in [0.29, 0.717) is 18.2 Å². The molecule has 0 fully saturated rings. The van der Waals surface area contributed by atoms with E-state index in [-0.39, 0.29) is 11.9 Å². The van der Waals surface area contributed by atoms with Crippen LogP contribution in [0.3, 0.4) is 0 Å². The molecule has 9 heteroatoms. The highest BCUT2D eigenvalue weighted by molar-refractivity contribution is 7.17. The number of carbonyl (C=O) groups excluding carboxylic acids is 1. The van der Waals surface area contributed by atoms with Crippen LogP contribution < -0.4 is 10.6 Å². The molecule has 1 unspecified atom stereocenters. The number of hydrogen-bond acceptors (Lipinski definition) is 7. The van der Waals surface area contributed by atoms with Crippen molar-refractivity contribution in [3.8, 4) is 0 Å². The fourth-order valence-electron chi connectivity index (χ4n) is 2.79. The van der Waals surface area contributed by atoms with E-state index < -0.39 is 0 Å². The maximum absolute atomic E-state index is 12.8. The zero-order valence-corrected chi connectivity index (χ0v) is 16.3. The van der Waals surface area contributed by atoms with E-state index in [2.05, 4.69) is 30.6 Å². The Hall–Kier alpha value is -3.33. The summed E-state index contributed by atoms with van der Waals surface area (Å²) in [5.74, 6) is 0.907. The lowest BCUT2D eigenvalue weighted by Gasteiger charge is -2.14. The minimum absolute atomic E-state index is 0.0965. The van der Waals surface area contributed by atoms with Crippen LogP contribution in [0.2, 0.25) is 0 Å². The number of imidazole rings is 1. The highest BCUT2D eigenvalue weighted by Gasteiger charge is 2.18. The van der Waals surface area contributed by atoms with Crippen LogP contribution in [0.4, 0.5) is 5.95 Å². The van der Waals surface area contributed by atoms with Gasteiger partial charge in [0.25, 0.3) is 5.91 Å². The van der Waals surface area contributed by atoms with E-state index in [4.69, 9.17) is 0 Å². The Morgan fingerprint density at radius 3 is 2.86 bits per heavy atom. The maximum Gasteiger partial charge on any atom is 0.271 e. The Labute approximate surface area is 165 Å². The van der Waals surface area contributed by atoms with Gasteiger partial charge in [-0.25, -0.2) is 15.0 Å². The number of pyridine rings is 1. The highest BCUT2D eigenvalue weighted by Crippen LogP contribution is 2.25. The van der Waals surface area contributed by atoms with E-state index in [9.17, 15) is 4.79 Å². The lowest BCUT2D eigenvalue weighted by atomic mass is 10.2. The molecule has 0 bridgehead atoms. The maximum atomic E-state index is 12.8. The molecular formula is C19H19N7OS. The van der Waals surface area contributed by atoms with E-state index in [1.165, 1.54) is 11.3 Å². The van der Waals surface area contributed by atoms with Gasteiger partial charge in [0.1, 0.15) is 5.82 Å². The van der Waals surface area contributed by atoms with Crippen LogP contribution in [-0.2, 0) is 13.6 Å². The van der Waals surface area contributed by atoms with E-state index in [1.54, 1.807) is 12.4 Å². The molecule has 8 nitrogen and oxygen atoms in total. The molecule has 0 saturated heterocycles. The van der Waals surface area contributed by atoms with Gasteiger partial charge in [-0.1, -0.05) is 6.07 Å². The predicted molar refractivity (Wildman–Crippen MR) is 108 cm³/mol. The van der Waals surface area contributed by atoms with Crippen LogP contribution in [0.15, 0.2) is 48.2 Å². The average Bonchev–Trinajstić information content (AvgIpc) is 3.34. The van der Waals surface area contributed by atoms with Crippen LogP contribution in [0.25, 0.3) is 10.2 Å². The molecule has 2 N–H and O–H groups in total. The summed E-state index contributed by atoms with van der Waals surface area (Å²) in [6.45, 7) is 2.30. The van der Waals surface area contributed by atoms with Gasteiger partial charge in [0.15, 0.2) is 5.69 Å². The van der Waals surface area contributed by atoms with Gasteiger partial charge in [0.05, 0.1) is 28.5 Å². The topological polar surface area (TPSA) is 97.6 Å². The summed E-state index contributed by atoms with van der Waals surface area (Å²) in [7, 11) is 1.89. The van der Waals surface area contributed by atoms with Crippen molar-refractivity contribution in [2.75, 3.05) is 5.32 Å². The van der Waals surface area contributed by atoms with Crippen molar-refractivity contribution in [2.45, 2.75) is 19.5 Å². The molecule has 4 aromatic rings. The SMILES string of the molecule is CC(Nc1nc(C(=O)NCc2nccn2C)c2sccc2n1)c1ccccn1. The standard InChI is InChI=1S/C19H19N7OS/c1-12(13-5-3-4-7-20-13)23-19-24-14-6-10-28-17(14)16(25-19)18(27)22-11-15-21-8-9-26(15)2/h3-10,12H,11H2,1-2H3,(H,22,27)(H,23,24,25). The van der Waals surface area contributed by atoms with Crippen molar-refractivity contribution < 1.29 is 4.79 Å². The molecule has 4 heterocycles. The molecule has 4 aromatic heterocycles. The normalized spacial score (nSPS) is 12.1. The van der Waals surface area contributed by atoms with Gasteiger partial charge in [-0.15, -0.1) is 11.3 Å². The Balaban J connectivity index is 1.58. The summed E-state index contributed by atoms with van der Waals surface area (Å²) < 4.78 is 2.62. The Morgan fingerprint density at radius 2 is 2.11 bits per heavy atom. The molecule has 28 heavy (non-hydrogen) atoms. The molecular weight excluding hydrogens is 374 g/mol.